The van der Waals surface area contributed by atoms with Crippen LogP contribution in [-0.4, -0.2) is 36.0 Å². The van der Waals surface area contributed by atoms with Crippen LogP contribution in [0.1, 0.15) is 46.9 Å². The summed E-state index contributed by atoms with van der Waals surface area (Å²) in [6.45, 7) is 8.64. The number of hydrogen-bond acceptors (Lipinski definition) is 5. The van der Waals surface area contributed by atoms with Gasteiger partial charge in [-0.3, -0.25) is 0 Å². The van der Waals surface area contributed by atoms with Crippen LogP contribution in [-0.2, 0) is 10.0 Å². The molecule has 1 aliphatic heterocycles. The molecule has 2 aromatic carbocycles. The van der Waals surface area contributed by atoms with E-state index in [0.717, 1.165) is 22.3 Å². The fourth-order valence-corrected chi connectivity index (χ4v) is 6.14. The molecule has 0 aliphatic carbocycles. The molecule has 0 bridgehead atoms. The highest BCUT2D eigenvalue weighted by atomic mass is 32.2. The van der Waals surface area contributed by atoms with E-state index < -0.39 is 10.0 Å². The fraction of sp³-hybridized carbons (Fsp3) is 0.391. The standard InChI is InChI=1S/C23H27N3O3S/c1-15-5-7-19(8-6-15)22-24-25-23(29-22)20-9-11-26(12-10-20)30(27,28)21-17(3)13-16(2)14-18(21)4/h5-8,13-14,20H,9-12H2,1-4H3. The average molecular weight is 426 g/mol. The Morgan fingerprint density at radius 1 is 0.900 bits per heavy atom. The first-order valence-corrected chi connectivity index (χ1v) is 11.7. The molecule has 1 saturated heterocycles. The lowest BCUT2D eigenvalue weighted by Gasteiger charge is -2.30. The third-order valence-corrected chi connectivity index (χ3v) is 7.95. The second kappa shape index (κ2) is 7.96. The van der Waals surface area contributed by atoms with Crippen LogP contribution < -0.4 is 0 Å². The van der Waals surface area contributed by atoms with Gasteiger partial charge in [-0.15, -0.1) is 10.2 Å². The predicted octanol–water partition coefficient (Wildman–Crippen LogP) is 4.54. The van der Waals surface area contributed by atoms with Crippen molar-refractivity contribution in [3.63, 3.8) is 0 Å². The van der Waals surface area contributed by atoms with Gasteiger partial charge in [0.05, 0.1) is 4.90 Å². The largest absolute Gasteiger partial charge is 0.420 e. The topological polar surface area (TPSA) is 76.3 Å². The summed E-state index contributed by atoms with van der Waals surface area (Å²) in [4.78, 5) is 0.436. The molecule has 1 aromatic heterocycles. The Morgan fingerprint density at radius 3 is 2.10 bits per heavy atom. The van der Waals surface area contributed by atoms with Crippen molar-refractivity contribution in [2.24, 2.45) is 0 Å². The van der Waals surface area contributed by atoms with Gasteiger partial charge in [0, 0.05) is 24.6 Å². The number of piperidine rings is 1. The van der Waals surface area contributed by atoms with Crippen molar-refractivity contribution in [1.29, 1.82) is 0 Å². The van der Waals surface area contributed by atoms with Crippen molar-refractivity contribution in [1.82, 2.24) is 14.5 Å². The Labute approximate surface area is 178 Å². The normalized spacial score (nSPS) is 16.1. The van der Waals surface area contributed by atoms with Crippen LogP contribution in [0.2, 0.25) is 0 Å². The van der Waals surface area contributed by atoms with Gasteiger partial charge in [0.25, 0.3) is 0 Å². The van der Waals surface area contributed by atoms with Crippen molar-refractivity contribution >= 4 is 10.0 Å². The molecule has 3 aromatic rings. The number of rotatable bonds is 4. The molecule has 6 nitrogen and oxygen atoms in total. The Morgan fingerprint density at radius 2 is 1.50 bits per heavy atom. The molecule has 158 valence electrons. The number of benzene rings is 2. The molecular weight excluding hydrogens is 398 g/mol. The number of aryl methyl sites for hydroxylation is 4. The van der Waals surface area contributed by atoms with Crippen LogP contribution in [0, 0.1) is 27.7 Å². The van der Waals surface area contributed by atoms with Crippen LogP contribution in [0.3, 0.4) is 0 Å². The van der Waals surface area contributed by atoms with E-state index in [1.54, 1.807) is 4.31 Å². The van der Waals surface area contributed by atoms with Gasteiger partial charge in [-0.1, -0.05) is 35.4 Å². The van der Waals surface area contributed by atoms with Crippen molar-refractivity contribution in [2.75, 3.05) is 13.1 Å². The number of sulfonamides is 1. The quantitative estimate of drug-likeness (QED) is 0.613. The van der Waals surface area contributed by atoms with Crippen molar-refractivity contribution in [2.45, 2.75) is 51.3 Å². The van der Waals surface area contributed by atoms with Crippen LogP contribution in [0.5, 0.6) is 0 Å². The maximum Gasteiger partial charge on any atom is 0.247 e. The first kappa shape index (κ1) is 20.8. The fourth-order valence-electron chi connectivity index (χ4n) is 4.26. The molecule has 2 heterocycles. The minimum absolute atomic E-state index is 0.0726. The van der Waals surface area contributed by atoms with E-state index in [9.17, 15) is 8.42 Å². The van der Waals surface area contributed by atoms with Crippen LogP contribution >= 0.6 is 0 Å². The van der Waals surface area contributed by atoms with Gasteiger partial charge in [0.2, 0.25) is 21.8 Å². The van der Waals surface area contributed by atoms with Crippen LogP contribution in [0.25, 0.3) is 11.5 Å². The van der Waals surface area contributed by atoms with E-state index in [1.807, 2.05) is 64.1 Å². The van der Waals surface area contributed by atoms with Gasteiger partial charge < -0.3 is 4.42 Å². The van der Waals surface area contributed by atoms with Gasteiger partial charge in [-0.25, -0.2) is 8.42 Å². The SMILES string of the molecule is Cc1ccc(-c2nnc(C3CCN(S(=O)(=O)c4c(C)cc(C)cc4C)CC3)o2)cc1. The lowest BCUT2D eigenvalue weighted by Crippen LogP contribution is -2.38. The molecule has 1 aliphatic rings. The van der Waals surface area contributed by atoms with E-state index in [2.05, 4.69) is 10.2 Å². The molecule has 0 amide bonds. The lowest BCUT2D eigenvalue weighted by molar-refractivity contribution is 0.291. The predicted molar refractivity (Wildman–Crippen MR) is 116 cm³/mol. The molecule has 0 radical (unpaired) electrons. The third kappa shape index (κ3) is 3.91. The molecule has 0 N–H and O–H groups in total. The summed E-state index contributed by atoms with van der Waals surface area (Å²) in [6, 6.07) is 11.8. The summed E-state index contributed by atoms with van der Waals surface area (Å²) in [7, 11) is -3.52. The molecule has 4 rings (SSSR count). The maximum atomic E-state index is 13.3. The third-order valence-electron chi connectivity index (χ3n) is 5.74. The smallest absolute Gasteiger partial charge is 0.247 e. The molecule has 7 heteroatoms. The van der Waals surface area contributed by atoms with Gasteiger partial charge in [-0.05, 0) is 63.8 Å². The van der Waals surface area contributed by atoms with Gasteiger partial charge in [0.15, 0.2) is 0 Å². The summed E-state index contributed by atoms with van der Waals surface area (Å²) >= 11 is 0. The van der Waals surface area contributed by atoms with Gasteiger partial charge in [-0.2, -0.15) is 4.31 Å². The highest BCUT2D eigenvalue weighted by molar-refractivity contribution is 7.89. The van der Waals surface area contributed by atoms with E-state index in [-0.39, 0.29) is 5.92 Å². The molecular formula is C23H27N3O3S. The molecule has 0 unspecified atom stereocenters. The lowest BCUT2D eigenvalue weighted by atomic mass is 9.98. The first-order chi connectivity index (χ1) is 14.3. The second-order valence-electron chi connectivity index (χ2n) is 8.22. The van der Waals surface area contributed by atoms with E-state index >= 15 is 0 Å². The first-order valence-electron chi connectivity index (χ1n) is 10.2. The van der Waals surface area contributed by atoms with Crippen LogP contribution in [0.15, 0.2) is 45.7 Å². The number of aromatic nitrogens is 2. The van der Waals surface area contributed by atoms with Gasteiger partial charge >= 0.3 is 0 Å². The summed E-state index contributed by atoms with van der Waals surface area (Å²) in [5.74, 6) is 1.17. The Kier molecular flexibility index (Phi) is 5.51. The van der Waals surface area contributed by atoms with E-state index in [0.29, 0.717) is 42.6 Å². The molecule has 0 saturated carbocycles. The summed E-state index contributed by atoms with van der Waals surface area (Å²) in [6.07, 6.45) is 1.33. The van der Waals surface area contributed by atoms with Crippen molar-refractivity contribution in [3.8, 4) is 11.5 Å². The Bertz CT molecular complexity index is 1140. The molecule has 30 heavy (non-hydrogen) atoms. The monoisotopic (exact) mass is 425 g/mol. The van der Waals surface area contributed by atoms with Crippen molar-refractivity contribution < 1.29 is 12.8 Å². The van der Waals surface area contributed by atoms with Crippen molar-refractivity contribution in [3.05, 3.63) is 64.5 Å². The molecule has 0 atom stereocenters. The second-order valence-corrected chi connectivity index (χ2v) is 10.1. The average Bonchev–Trinajstić information content (AvgIpc) is 3.18. The zero-order valence-electron chi connectivity index (χ0n) is 17.8. The number of hydrogen-bond donors (Lipinski definition) is 0. The zero-order chi connectivity index (χ0) is 21.5. The summed E-state index contributed by atoms with van der Waals surface area (Å²) < 4.78 is 34.1. The zero-order valence-corrected chi connectivity index (χ0v) is 18.7. The number of nitrogens with zero attached hydrogens (tertiary/aromatic N) is 3. The Hall–Kier alpha value is -2.51. The van der Waals surface area contributed by atoms with E-state index in [1.165, 1.54) is 5.56 Å². The van der Waals surface area contributed by atoms with E-state index in [4.69, 9.17) is 4.42 Å². The summed E-state index contributed by atoms with van der Waals surface area (Å²) in [5, 5.41) is 8.43. The maximum absolute atomic E-state index is 13.3. The summed E-state index contributed by atoms with van der Waals surface area (Å²) in [5.41, 5.74) is 4.74. The molecule has 1 fully saturated rings. The Balaban J connectivity index is 1.49. The highest BCUT2D eigenvalue weighted by Crippen LogP contribution is 2.33. The highest BCUT2D eigenvalue weighted by Gasteiger charge is 2.33. The van der Waals surface area contributed by atoms with Crippen LogP contribution in [0.4, 0.5) is 0 Å². The van der Waals surface area contributed by atoms with Gasteiger partial charge in [0.1, 0.15) is 0 Å². The minimum atomic E-state index is -3.52. The minimum Gasteiger partial charge on any atom is -0.420 e. The molecule has 0 spiro atoms.